The first-order chi connectivity index (χ1) is 52.5. The van der Waals surface area contributed by atoms with E-state index in [1.807, 2.05) is 0 Å². The van der Waals surface area contributed by atoms with Crippen LogP contribution in [0, 0.1) is 0 Å². The van der Waals surface area contributed by atoms with E-state index in [-0.39, 0.29) is 0 Å². The van der Waals surface area contributed by atoms with Gasteiger partial charge in [0.2, 0.25) is 11.4 Å². The summed E-state index contributed by atoms with van der Waals surface area (Å²) >= 11 is 0. The fraction of sp³-hybridized carbons (Fsp3) is 0.104. The Morgan fingerprint density at radius 2 is 0.689 bits per heavy atom. The predicted octanol–water partition coefficient (Wildman–Crippen LogP) is 21.8. The largest absolute Gasteiger partial charge is 0.354 e. The molecule has 12 heterocycles. The van der Waals surface area contributed by atoms with Crippen molar-refractivity contribution in [1.29, 1.82) is 0 Å². The number of nitrogens with zero attached hydrogens (tertiary/aromatic N) is 6. The van der Waals surface area contributed by atoms with Gasteiger partial charge in [0.25, 0.3) is 0 Å². The van der Waals surface area contributed by atoms with Gasteiger partial charge < -0.3 is 19.9 Å². The number of hydrogen-bond donors (Lipinski definition) is 3. The van der Waals surface area contributed by atoms with E-state index in [0.717, 1.165) is 205 Å². The Morgan fingerprint density at radius 1 is 0.302 bits per heavy atom. The molecule has 0 saturated heterocycles. The monoisotopic (exact) mass is 1370 g/mol. The number of unbranched alkanes of at least 4 members (excludes halogenated alkanes) is 7. The van der Waals surface area contributed by atoms with Crippen LogP contribution in [0.15, 0.2) is 347 Å². The molecule has 11 aromatic rings. The van der Waals surface area contributed by atoms with Crippen LogP contribution >= 0.6 is 0 Å². The van der Waals surface area contributed by atoms with Crippen molar-refractivity contribution >= 4 is 80.2 Å². The summed E-state index contributed by atoms with van der Waals surface area (Å²) in [4.78, 5) is 39.9. The second-order valence-corrected chi connectivity index (χ2v) is 27.7. The van der Waals surface area contributed by atoms with Crippen LogP contribution in [0.25, 0.3) is 108 Å². The highest BCUT2D eigenvalue weighted by atomic mass is 15.1. The highest BCUT2D eigenvalue weighted by Crippen LogP contribution is 2.41. The van der Waals surface area contributed by atoms with Gasteiger partial charge in [0.05, 0.1) is 62.3 Å². The number of benzene rings is 6. The Kier molecular flexibility index (Phi) is 17.9. The molecule has 0 unspecified atom stereocenters. The van der Waals surface area contributed by atoms with E-state index >= 15 is 0 Å². The van der Waals surface area contributed by atoms with Crippen LogP contribution in [0.4, 0.5) is 0 Å². The summed E-state index contributed by atoms with van der Waals surface area (Å²) in [5, 5.41) is 0. The van der Waals surface area contributed by atoms with Crippen molar-refractivity contribution in [2.45, 2.75) is 57.9 Å². The average molecular weight is 1370 g/mol. The summed E-state index contributed by atoms with van der Waals surface area (Å²) in [6, 6.07) is 81.4. The number of aromatic amines is 4. The molecule has 7 aliphatic rings. The lowest BCUT2D eigenvalue weighted by molar-refractivity contribution is -0.697. The lowest BCUT2D eigenvalue weighted by Crippen LogP contribution is -2.32. The van der Waals surface area contributed by atoms with Gasteiger partial charge in [-0.05, 0) is 155 Å². The van der Waals surface area contributed by atoms with Crippen molar-refractivity contribution in [3.05, 3.63) is 383 Å². The Bertz CT molecular complexity index is 5730. The van der Waals surface area contributed by atoms with Crippen LogP contribution < -0.4 is 9.55 Å². The van der Waals surface area contributed by atoms with E-state index < -0.39 is 0 Å². The standard InChI is InChI=1S/C96H76N10/c1(3-5-25-59-105-61-55-71(56-62-105)95-85-51-47-81(101-85)91(67-31-17-9-18-32-67)77-43-39-73(97-77)89(65-27-13-7-14-28-65)74-40-44-78(98-74)92(68-33-19-10-20-34-68)82-48-52-86(95)102-82)2-4-6-26-60-106-63-57-72(58-64-106)96-87-53-49-83(103-87)93(69-35-21-11-22-36-69)79-45-41-75(99-79)90(66-29-15-8-16-30-66)76-42-46-80(100-76)94(70-37-23-12-24-38-70)84-50-54-88(96)104-84/h7-24,27-58,61-64H,1-6,25-26,59-60H2,(H2,97,98,99,100,101,102,103,104)/p+2. The van der Waals surface area contributed by atoms with Crippen molar-refractivity contribution in [3.63, 3.8) is 0 Å². The van der Waals surface area contributed by atoms with E-state index in [1.165, 1.54) is 38.5 Å². The highest BCUT2D eigenvalue weighted by molar-refractivity contribution is 6.36. The van der Waals surface area contributed by atoms with E-state index in [0.29, 0.717) is 0 Å². The Labute approximate surface area is 617 Å². The maximum atomic E-state index is 5.52. The fourth-order valence-corrected chi connectivity index (χ4v) is 15.7. The summed E-state index contributed by atoms with van der Waals surface area (Å²) in [5.41, 5.74) is 32.1. The average Bonchev–Trinajstić information content (AvgIpc) is 1.61. The van der Waals surface area contributed by atoms with Crippen LogP contribution in [-0.4, -0.2) is 48.5 Å². The van der Waals surface area contributed by atoms with Gasteiger partial charge >= 0.3 is 0 Å². The zero-order valence-electron chi connectivity index (χ0n) is 58.9. The topological polar surface area (TPSA) is 119 Å². The number of rotatable bonds is 18. The molecule has 510 valence electrons. The number of aryl methyl sites for hydroxylation is 1. The maximum absolute atomic E-state index is 5.52. The second kappa shape index (κ2) is 29.3. The van der Waals surface area contributed by atoms with Gasteiger partial charge in [-0.3, -0.25) is 0 Å². The highest BCUT2D eigenvalue weighted by Gasteiger charge is 2.29. The zero-order chi connectivity index (χ0) is 70.5. The van der Waals surface area contributed by atoms with Crippen LogP contribution in [0.1, 0.15) is 102 Å². The molecule has 106 heavy (non-hydrogen) atoms. The number of aromatic nitrogens is 6. The van der Waals surface area contributed by atoms with E-state index in [1.54, 1.807) is 0 Å². The zero-order valence-corrected chi connectivity index (χ0v) is 58.9. The molecule has 0 aliphatic carbocycles. The Hall–Kier alpha value is -13.2. The van der Waals surface area contributed by atoms with Crippen LogP contribution in [-0.2, 0) is 6.54 Å². The number of nitrogens with one attached hydrogen (secondary N) is 4. The lowest BCUT2D eigenvalue weighted by atomic mass is 9.97. The van der Waals surface area contributed by atoms with Gasteiger partial charge in [0, 0.05) is 111 Å². The molecular formula is C96H78N10+2. The fourth-order valence-electron chi connectivity index (χ4n) is 15.7. The smallest absolute Gasteiger partial charge is 0.214 e. The predicted molar refractivity (Wildman–Crippen MR) is 437 cm³/mol. The molecule has 10 heteroatoms. The third-order valence-electron chi connectivity index (χ3n) is 20.8. The number of pyridine rings is 1. The summed E-state index contributed by atoms with van der Waals surface area (Å²) in [7, 11) is 0. The second-order valence-electron chi connectivity index (χ2n) is 27.7. The lowest BCUT2D eigenvalue weighted by Gasteiger charge is -2.20. The number of aliphatic imine (C=N–C) groups is 3. The Morgan fingerprint density at radius 3 is 1.20 bits per heavy atom. The first kappa shape index (κ1) is 64.9. The summed E-state index contributed by atoms with van der Waals surface area (Å²) < 4.78 is 2.34. The van der Waals surface area contributed by atoms with Gasteiger partial charge in [-0.2, -0.15) is 0 Å². The first-order valence-electron chi connectivity index (χ1n) is 37.2. The van der Waals surface area contributed by atoms with E-state index in [4.69, 9.17) is 20.0 Å². The molecule has 18 rings (SSSR count). The molecule has 0 fully saturated rings. The van der Waals surface area contributed by atoms with E-state index in [9.17, 15) is 0 Å². The quantitative estimate of drug-likeness (QED) is 0.0586. The molecule has 0 spiro atoms. The van der Waals surface area contributed by atoms with Crippen LogP contribution in [0.2, 0.25) is 0 Å². The summed E-state index contributed by atoms with van der Waals surface area (Å²) in [6.07, 6.45) is 44.7. The maximum Gasteiger partial charge on any atom is 0.214 e. The van der Waals surface area contributed by atoms with Crippen molar-refractivity contribution in [3.8, 4) is 44.5 Å². The van der Waals surface area contributed by atoms with Crippen molar-refractivity contribution in [2.24, 2.45) is 15.0 Å². The van der Waals surface area contributed by atoms with Crippen LogP contribution in [0.3, 0.4) is 0 Å². The minimum Gasteiger partial charge on any atom is -0.354 e. The van der Waals surface area contributed by atoms with Crippen molar-refractivity contribution in [1.82, 2.24) is 24.8 Å². The van der Waals surface area contributed by atoms with E-state index in [2.05, 4.69) is 358 Å². The van der Waals surface area contributed by atoms with Gasteiger partial charge in [-0.25, -0.2) is 29.5 Å². The number of H-pyrrole nitrogens is 4. The molecule has 0 atom stereocenters. The minimum atomic E-state index is 0.861. The van der Waals surface area contributed by atoms with Gasteiger partial charge in [-0.1, -0.05) is 214 Å². The summed E-state index contributed by atoms with van der Waals surface area (Å²) in [6.45, 7) is 1.93. The molecule has 16 bridgehead atoms. The molecule has 0 saturated carbocycles. The molecule has 0 radical (unpaired) electrons. The van der Waals surface area contributed by atoms with Crippen molar-refractivity contribution < 1.29 is 9.55 Å². The SMILES string of the molecule is C1=CC2=C(c3ccccc3)C3=NC(=C(c4ccccc4)c4ccc([nH]4)C(c4ccccc4)=C4C=CC(=N4)C(=C4C=CN(CCCCCCCCCC[n+]5ccc(-c6c7ccc([nH]7)c(-c7ccccc7)c7nc(c(-c8ccccc8)c8[nH+]c(c(-c9ccccc9)c9ccc6[nH]9)C=C8)C=C7)cc5)C=C4)C1=N2)C=C3. The van der Waals surface area contributed by atoms with Crippen molar-refractivity contribution in [2.75, 3.05) is 6.54 Å². The van der Waals surface area contributed by atoms with Gasteiger partial charge in [0.1, 0.15) is 6.54 Å². The number of hydrogen-bond acceptors (Lipinski definition) is 5. The summed E-state index contributed by atoms with van der Waals surface area (Å²) in [5.74, 6) is 0. The van der Waals surface area contributed by atoms with Crippen LogP contribution in [0.5, 0.6) is 0 Å². The molecular weight excluding hydrogens is 1290 g/mol. The molecule has 6 aromatic carbocycles. The molecule has 7 aliphatic heterocycles. The molecule has 10 nitrogen and oxygen atoms in total. The molecule has 5 aromatic heterocycles. The number of fused-ring (bicyclic) bond motifs is 13. The number of allylic oxidation sites excluding steroid dienone is 11. The van der Waals surface area contributed by atoms with Gasteiger partial charge in [-0.15, -0.1) is 0 Å². The minimum absolute atomic E-state index is 0.861. The molecule has 0 amide bonds. The third kappa shape index (κ3) is 13.2. The third-order valence-corrected chi connectivity index (χ3v) is 20.8. The Balaban J connectivity index is 0.553. The first-order valence-corrected chi connectivity index (χ1v) is 37.2. The normalized spacial score (nSPS) is 14.9. The molecule has 4 N–H and O–H groups in total. The van der Waals surface area contributed by atoms with Gasteiger partial charge in [0.15, 0.2) is 12.4 Å².